The number of fused-ring (bicyclic) bond motifs is 3. The number of halogens is 2. The van der Waals surface area contributed by atoms with E-state index in [1.165, 1.54) is 22.5 Å². The molecule has 0 spiro atoms. The zero-order valence-electron chi connectivity index (χ0n) is 19.0. The molecule has 1 fully saturated rings. The van der Waals surface area contributed by atoms with Crippen molar-refractivity contribution in [2.24, 2.45) is 0 Å². The summed E-state index contributed by atoms with van der Waals surface area (Å²) in [5.74, 6) is -2.16. The highest BCUT2D eigenvalue weighted by atomic mass is 19.1. The van der Waals surface area contributed by atoms with E-state index >= 15 is 0 Å². The molecule has 1 saturated heterocycles. The maximum absolute atomic E-state index is 14.3. The van der Waals surface area contributed by atoms with Crippen LogP contribution in [0.15, 0.2) is 35.5 Å². The minimum atomic E-state index is -0.846. The van der Waals surface area contributed by atoms with E-state index in [0.29, 0.717) is 23.2 Å². The number of rotatable bonds is 5. The lowest BCUT2D eigenvalue weighted by Gasteiger charge is -2.35. The smallest absolute Gasteiger partial charge is 0.352 e. The molecule has 0 saturated carbocycles. The largest absolute Gasteiger partial charge is 0.491 e. The molecule has 2 unspecified atom stereocenters. The minimum Gasteiger partial charge on any atom is -0.491 e. The molecule has 4 aromatic rings. The molecule has 34 heavy (non-hydrogen) atoms. The number of ether oxygens (including phenoxy) is 2. The second kappa shape index (κ2) is 8.73. The van der Waals surface area contributed by atoms with Gasteiger partial charge >= 0.3 is 5.69 Å². The molecular formula is C23H24F2N6O3. The summed E-state index contributed by atoms with van der Waals surface area (Å²) in [6.07, 6.45) is 3.28. The third-order valence-electron chi connectivity index (χ3n) is 5.88. The molecular weight excluding hydrogens is 446 g/mol. The number of nitrogens with zero attached hydrogens (tertiary/aromatic N) is 6. The summed E-state index contributed by atoms with van der Waals surface area (Å²) in [4.78, 5) is 24.2. The van der Waals surface area contributed by atoms with Crippen LogP contribution in [0.3, 0.4) is 0 Å². The molecule has 0 amide bonds. The van der Waals surface area contributed by atoms with Gasteiger partial charge < -0.3 is 9.47 Å². The van der Waals surface area contributed by atoms with Gasteiger partial charge in [0.1, 0.15) is 12.0 Å². The van der Waals surface area contributed by atoms with Crippen molar-refractivity contribution in [1.82, 2.24) is 29.0 Å². The van der Waals surface area contributed by atoms with Gasteiger partial charge in [-0.2, -0.15) is 9.61 Å². The van der Waals surface area contributed by atoms with E-state index in [1.54, 1.807) is 6.20 Å². The molecule has 5 rings (SSSR count). The van der Waals surface area contributed by atoms with Crippen LogP contribution in [0.25, 0.3) is 16.7 Å². The van der Waals surface area contributed by atoms with Crippen LogP contribution in [-0.4, -0.2) is 61.5 Å². The minimum absolute atomic E-state index is 0.103. The molecule has 11 heteroatoms. The lowest BCUT2D eigenvalue weighted by Crippen LogP contribution is -2.44. The molecule has 1 aromatic carbocycles. The molecule has 4 heterocycles. The molecule has 2 atom stereocenters. The molecule has 178 valence electrons. The van der Waals surface area contributed by atoms with E-state index in [9.17, 15) is 13.6 Å². The van der Waals surface area contributed by atoms with Crippen LogP contribution >= 0.6 is 0 Å². The van der Waals surface area contributed by atoms with Crippen molar-refractivity contribution >= 4 is 16.7 Å². The molecule has 0 radical (unpaired) electrons. The summed E-state index contributed by atoms with van der Waals surface area (Å²) in [5, 5.41) is 4.67. The average molecular weight is 470 g/mol. The van der Waals surface area contributed by atoms with Crippen LogP contribution in [-0.2, 0) is 17.8 Å². The van der Waals surface area contributed by atoms with Crippen LogP contribution in [0.2, 0.25) is 0 Å². The summed E-state index contributed by atoms with van der Waals surface area (Å²) in [6.45, 7) is 6.26. The van der Waals surface area contributed by atoms with Crippen LogP contribution in [0.5, 0.6) is 5.75 Å². The Morgan fingerprint density at radius 3 is 2.41 bits per heavy atom. The Balaban J connectivity index is 1.57. The number of methoxy groups -OCH3 is 1. The highest BCUT2D eigenvalue weighted by molar-refractivity contribution is 5.89. The number of hydrogen-bond acceptors (Lipinski definition) is 7. The van der Waals surface area contributed by atoms with Crippen LogP contribution in [0.1, 0.15) is 25.0 Å². The van der Waals surface area contributed by atoms with E-state index in [2.05, 4.69) is 20.0 Å². The highest BCUT2D eigenvalue weighted by Gasteiger charge is 2.23. The van der Waals surface area contributed by atoms with Gasteiger partial charge in [0, 0.05) is 25.8 Å². The van der Waals surface area contributed by atoms with Crippen molar-refractivity contribution in [3.63, 3.8) is 0 Å². The summed E-state index contributed by atoms with van der Waals surface area (Å²) in [5.41, 5.74) is 1.43. The summed E-state index contributed by atoms with van der Waals surface area (Å²) < 4.78 is 41.6. The standard InChI is InChI=1S/C23H24F2N6O3/c1-13-8-29(9-14(2)34-13)10-16-4-17-21(26-7-16)30(23(32)31-22(17)27-12-28-31)11-15-5-18(24)20(33-3)19(25)6-15/h4-7,12-14H,8-11H2,1-3H3. The monoisotopic (exact) mass is 470 g/mol. The summed E-state index contributed by atoms with van der Waals surface area (Å²) in [7, 11) is 1.19. The molecule has 1 aliphatic rings. The Bertz CT molecular complexity index is 1400. The van der Waals surface area contributed by atoms with Crippen molar-refractivity contribution in [3.8, 4) is 5.75 Å². The molecule has 0 bridgehead atoms. The van der Waals surface area contributed by atoms with E-state index in [4.69, 9.17) is 9.47 Å². The quantitative estimate of drug-likeness (QED) is 0.443. The first-order valence-electron chi connectivity index (χ1n) is 10.9. The second-order valence-electron chi connectivity index (χ2n) is 8.62. The third-order valence-corrected chi connectivity index (χ3v) is 5.88. The number of hydrogen-bond donors (Lipinski definition) is 0. The van der Waals surface area contributed by atoms with E-state index in [1.807, 2.05) is 19.9 Å². The Hall–Kier alpha value is -3.44. The Morgan fingerprint density at radius 2 is 1.74 bits per heavy atom. The zero-order chi connectivity index (χ0) is 24.0. The number of pyridine rings is 1. The average Bonchev–Trinajstić information content (AvgIpc) is 3.26. The van der Waals surface area contributed by atoms with Crippen molar-refractivity contribution in [2.75, 3.05) is 20.2 Å². The Labute approximate surface area is 193 Å². The van der Waals surface area contributed by atoms with Gasteiger partial charge in [0.25, 0.3) is 0 Å². The van der Waals surface area contributed by atoms with Crippen LogP contribution in [0.4, 0.5) is 8.78 Å². The first-order valence-corrected chi connectivity index (χ1v) is 10.9. The molecule has 0 N–H and O–H groups in total. The maximum atomic E-state index is 14.3. The van der Waals surface area contributed by atoms with Crippen molar-refractivity contribution < 1.29 is 18.3 Å². The number of aromatic nitrogens is 5. The maximum Gasteiger partial charge on any atom is 0.352 e. The topological polar surface area (TPSA) is 86.8 Å². The highest BCUT2D eigenvalue weighted by Crippen LogP contribution is 2.24. The predicted octanol–water partition coefficient (Wildman–Crippen LogP) is 2.38. The Kier molecular flexibility index (Phi) is 5.74. The van der Waals surface area contributed by atoms with Gasteiger partial charge in [0.2, 0.25) is 0 Å². The fourth-order valence-electron chi connectivity index (χ4n) is 4.63. The van der Waals surface area contributed by atoms with Gasteiger partial charge in [-0.15, -0.1) is 0 Å². The first-order chi connectivity index (χ1) is 16.3. The molecule has 9 nitrogen and oxygen atoms in total. The lowest BCUT2D eigenvalue weighted by molar-refractivity contribution is -0.0705. The van der Waals surface area contributed by atoms with Crippen LogP contribution in [0, 0.1) is 11.6 Å². The van der Waals surface area contributed by atoms with Crippen molar-refractivity contribution in [2.45, 2.75) is 39.1 Å². The third kappa shape index (κ3) is 4.01. The first kappa shape index (κ1) is 22.4. The van der Waals surface area contributed by atoms with Crippen molar-refractivity contribution in [1.29, 1.82) is 0 Å². The number of benzene rings is 1. The fourth-order valence-corrected chi connectivity index (χ4v) is 4.63. The predicted molar refractivity (Wildman–Crippen MR) is 120 cm³/mol. The fraction of sp³-hybridized carbons (Fsp3) is 0.391. The van der Waals surface area contributed by atoms with Gasteiger partial charge in [0.05, 0.1) is 31.2 Å². The van der Waals surface area contributed by atoms with E-state index in [0.717, 1.165) is 30.8 Å². The van der Waals surface area contributed by atoms with Gasteiger partial charge in [-0.1, -0.05) is 0 Å². The van der Waals surface area contributed by atoms with Crippen molar-refractivity contribution in [3.05, 3.63) is 64.0 Å². The van der Waals surface area contributed by atoms with Gasteiger partial charge in [0.15, 0.2) is 23.0 Å². The summed E-state index contributed by atoms with van der Waals surface area (Å²) in [6, 6.07) is 4.21. The van der Waals surface area contributed by atoms with Crippen LogP contribution < -0.4 is 10.4 Å². The van der Waals surface area contributed by atoms with E-state index in [-0.39, 0.29) is 24.3 Å². The molecule has 0 aliphatic carbocycles. The zero-order valence-corrected chi connectivity index (χ0v) is 19.0. The second-order valence-corrected chi connectivity index (χ2v) is 8.62. The van der Waals surface area contributed by atoms with E-state index < -0.39 is 23.1 Å². The molecule has 3 aromatic heterocycles. The van der Waals surface area contributed by atoms with Gasteiger partial charge in [-0.25, -0.2) is 23.5 Å². The number of morpholine rings is 1. The Morgan fingerprint density at radius 1 is 1.03 bits per heavy atom. The van der Waals surface area contributed by atoms with Gasteiger partial charge in [-0.3, -0.25) is 9.47 Å². The summed E-state index contributed by atoms with van der Waals surface area (Å²) >= 11 is 0. The normalized spacial score (nSPS) is 19.2. The van der Waals surface area contributed by atoms with Gasteiger partial charge in [-0.05, 0) is 43.2 Å². The SMILES string of the molecule is COc1c(F)cc(Cn2c(=O)n3ncnc3c3cc(CN4CC(C)OC(C)C4)cnc32)cc1F. The lowest BCUT2D eigenvalue weighted by atomic mass is 10.1. The molecule has 1 aliphatic heterocycles.